The zero-order chi connectivity index (χ0) is 18.9. The van der Waals surface area contributed by atoms with Crippen molar-refractivity contribution in [1.82, 2.24) is 9.78 Å². The molecule has 1 fully saturated rings. The van der Waals surface area contributed by atoms with Crippen LogP contribution in [0, 0.1) is 5.92 Å². The fraction of sp³-hybridized carbons (Fsp3) is 0.474. The van der Waals surface area contributed by atoms with Crippen molar-refractivity contribution in [3.05, 3.63) is 47.3 Å². The number of nitrogens with one attached hydrogen (secondary N) is 1. The van der Waals surface area contributed by atoms with Crippen LogP contribution >= 0.6 is 0 Å². The third kappa shape index (κ3) is 3.76. The number of hydrogen-bond donors (Lipinski definition) is 1. The van der Waals surface area contributed by atoms with Gasteiger partial charge in [0.25, 0.3) is 5.91 Å². The maximum Gasteiger partial charge on any atom is 0.435 e. The van der Waals surface area contributed by atoms with Crippen LogP contribution in [0.25, 0.3) is 0 Å². The van der Waals surface area contributed by atoms with Crippen molar-refractivity contribution in [1.29, 1.82) is 0 Å². The monoisotopic (exact) mass is 365 g/mol. The molecule has 1 N–H and O–H groups in total. The van der Waals surface area contributed by atoms with Gasteiger partial charge in [-0.05, 0) is 36.3 Å². The van der Waals surface area contributed by atoms with Gasteiger partial charge in [-0.25, -0.2) is 0 Å². The van der Waals surface area contributed by atoms with Crippen LogP contribution in [-0.2, 0) is 13.2 Å². The number of aromatic nitrogens is 2. The molecule has 1 saturated carbocycles. The first-order valence-electron chi connectivity index (χ1n) is 8.78. The Morgan fingerprint density at radius 3 is 2.58 bits per heavy atom. The predicted molar refractivity (Wildman–Crippen MR) is 93.0 cm³/mol. The van der Waals surface area contributed by atoms with Gasteiger partial charge in [0.1, 0.15) is 0 Å². The van der Waals surface area contributed by atoms with Crippen molar-refractivity contribution < 1.29 is 18.0 Å². The largest absolute Gasteiger partial charge is 0.435 e. The molecular formula is C19H22F3N3O. The quantitative estimate of drug-likeness (QED) is 0.830. The molecule has 1 amide bonds. The lowest BCUT2D eigenvalue weighted by molar-refractivity contribution is -0.141. The first-order valence-corrected chi connectivity index (χ1v) is 8.78. The molecule has 1 aromatic carbocycles. The molecule has 1 aromatic heterocycles. The number of para-hydroxylation sites is 1. The number of alkyl halides is 3. The van der Waals surface area contributed by atoms with Crippen LogP contribution in [0.1, 0.15) is 60.1 Å². The van der Waals surface area contributed by atoms with E-state index in [1.807, 2.05) is 12.1 Å². The molecule has 0 aliphatic heterocycles. The maximum atomic E-state index is 13.1. The number of halogens is 3. The molecule has 140 valence electrons. The Hall–Kier alpha value is -2.31. The second-order valence-corrected chi connectivity index (χ2v) is 6.94. The summed E-state index contributed by atoms with van der Waals surface area (Å²) in [5, 5.41) is 6.06. The van der Waals surface area contributed by atoms with E-state index < -0.39 is 23.3 Å². The van der Waals surface area contributed by atoms with Crippen LogP contribution in [0.3, 0.4) is 0 Å². The minimum absolute atomic E-state index is 0.241. The summed E-state index contributed by atoms with van der Waals surface area (Å²) in [5.74, 6) is -0.0151. The molecule has 0 spiro atoms. The lowest BCUT2D eigenvalue weighted by atomic mass is 9.85. The van der Waals surface area contributed by atoms with Gasteiger partial charge in [-0.15, -0.1) is 0 Å². The third-order valence-corrected chi connectivity index (χ3v) is 5.15. The van der Waals surface area contributed by atoms with Crippen LogP contribution in [0.15, 0.2) is 30.5 Å². The van der Waals surface area contributed by atoms with Crippen molar-refractivity contribution in [3.8, 4) is 0 Å². The number of benzene rings is 1. The Morgan fingerprint density at radius 1 is 1.27 bits per heavy atom. The molecule has 4 nitrogen and oxygen atoms in total. The van der Waals surface area contributed by atoms with Crippen LogP contribution < -0.4 is 5.32 Å². The van der Waals surface area contributed by atoms with Gasteiger partial charge >= 0.3 is 6.18 Å². The number of carbonyl (C=O) groups excluding carboxylic acids is 1. The van der Waals surface area contributed by atoms with E-state index >= 15 is 0 Å². The minimum Gasteiger partial charge on any atom is -0.322 e. The minimum atomic E-state index is -4.68. The van der Waals surface area contributed by atoms with Crippen molar-refractivity contribution in [2.45, 2.75) is 44.7 Å². The van der Waals surface area contributed by atoms with E-state index in [0.717, 1.165) is 29.3 Å². The highest BCUT2D eigenvalue weighted by molar-refractivity contribution is 6.05. The highest BCUT2D eigenvalue weighted by Crippen LogP contribution is 2.39. The summed E-state index contributed by atoms with van der Waals surface area (Å²) in [6.07, 6.45) is 1.11. The Morgan fingerprint density at radius 2 is 1.92 bits per heavy atom. The highest BCUT2D eigenvalue weighted by Gasteiger charge is 2.39. The van der Waals surface area contributed by atoms with E-state index in [2.05, 4.69) is 17.3 Å². The SMILES string of the molecule is CC(c1ccccc1NC(=O)c1cn(C)nc1C(F)(F)F)C1CCCC1. The van der Waals surface area contributed by atoms with E-state index in [-0.39, 0.29) is 5.92 Å². The topological polar surface area (TPSA) is 46.9 Å². The number of carbonyl (C=O) groups is 1. The summed E-state index contributed by atoms with van der Waals surface area (Å²) >= 11 is 0. The Labute approximate surface area is 150 Å². The molecular weight excluding hydrogens is 343 g/mol. The van der Waals surface area contributed by atoms with E-state index in [1.54, 1.807) is 12.1 Å². The highest BCUT2D eigenvalue weighted by atomic mass is 19.4. The van der Waals surface area contributed by atoms with Gasteiger partial charge in [0, 0.05) is 18.9 Å². The first-order chi connectivity index (χ1) is 12.3. The standard InChI is InChI=1S/C19H22F3N3O/c1-12(13-7-3-4-8-13)14-9-5-6-10-16(14)23-18(26)15-11-25(2)24-17(15)19(20,21)22/h5-6,9-13H,3-4,7-8H2,1-2H3,(H,23,26). The Kier molecular flexibility index (Phi) is 5.07. The third-order valence-electron chi connectivity index (χ3n) is 5.15. The normalized spacial score (nSPS) is 16.7. The molecule has 1 unspecified atom stereocenters. The van der Waals surface area contributed by atoms with E-state index in [4.69, 9.17) is 0 Å². The summed E-state index contributed by atoms with van der Waals surface area (Å²) in [7, 11) is 1.36. The maximum absolute atomic E-state index is 13.1. The summed E-state index contributed by atoms with van der Waals surface area (Å²) in [6.45, 7) is 2.12. The van der Waals surface area contributed by atoms with Gasteiger partial charge < -0.3 is 5.32 Å². The van der Waals surface area contributed by atoms with Crippen molar-refractivity contribution >= 4 is 11.6 Å². The molecule has 1 atom stereocenters. The molecule has 3 rings (SSSR count). The summed E-state index contributed by atoms with van der Waals surface area (Å²) < 4.78 is 40.4. The number of rotatable bonds is 4. The average Bonchev–Trinajstić information content (AvgIpc) is 3.23. The Balaban J connectivity index is 1.87. The van der Waals surface area contributed by atoms with Gasteiger partial charge in [0.2, 0.25) is 0 Å². The summed E-state index contributed by atoms with van der Waals surface area (Å²) in [5.41, 5.74) is -0.110. The van der Waals surface area contributed by atoms with E-state index in [0.29, 0.717) is 11.6 Å². The number of anilines is 1. The zero-order valence-corrected chi connectivity index (χ0v) is 14.8. The number of aryl methyl sites for hydroxylation is 1. The fourth-order valence-electron chi connectivity index (χ4n) is 3.77. The number of hydrogen-bond acceptors (Lipinski definition) is 2. The molecule has 1 heterocycles. The molecule has 26 heavy (non-hydrogen) atoms. The van der Waals surface area contributed by atoms with Gasteiger partial charge in [0.05, 0.1) is 5.56 Å². The van der Waals surface area contributed by atoms with Crippen LogP contribution in [0.2, 0.25) is 0 Å². The van der Waals surface area contributed by atoms with Gasteiger partial charge in [-0.2, -0.15) is 18.3 Å². The van der Waals surface area contributed by atoms with Crippen LogP contribution in [-0.4, -0.2) is 15.7 Å². The molecule has 0 saturated heterocycles. The molecule has 1 aliphatic rings. The molecule has 0 radical (unpaired) electrons. The summed E-state index contributed by atoms with van der Waals surface area (Å²) in [4.78, 5) is 12.5. The van der Waals surface area contributed by atoms with Crippen LogP contribution in [0.5, 0.6) is 0 Å². The number of amides is 1. The van der Waals surface area contributed by atoms with Gasteiger partial charge in [0.15, 0.2) is 5.69 Å². The second kappa shape index (κ2) is 7.13. The van der Waals surface area contributed by atoms with Crippen molar-refractivity contribution in [2.24, 2.45) is 13.0 Å². The molecule has 2 aromatic rings. The van der Waals surface area contributed by atoms with Crippen LogP contribution in [0.4, 0.5) is 18.9 Å². The van der Waals surface area contributed by atoms with Gasteiger partial charge in [-0.3, -0.25) is 9.48 Å². The molecule has 7 heteroatoms. The second-order valence-electron chi connectivity index (χ2n) is 6.94. The Bertz CT molecular complexity index is 792. The smallest absolute Gasteiger partial charge is 0.322 e. The van der Waals surface area contributed by atoms with Gasteiger partial charge in [-0.1, -0.05) is 38.0 Å². The predicted octanol–water partition coefficient (Wildman–Crippen LogP) is 4.98. The average molecular weight is 365 g/mol. The zero-order valence-electron chi connectivity index (χ0n) is 14.8. The lowest BCUT2D eigenvalue weighted by Crippen LogP contribution is -2.19. The number of nitrogens with zero attached hydrogens (tertiary/aromatic N) is 2. The molecule has 1 aliphatic carbocycles. The fourth-order valence-corrected chi connectivity index (χ4v) is 3.77. The molecule has 0 bridgehead atoms. The first kappa shape index (κ1) is 18.5. The van der Waals surface area contributed by atoms with Crippen molar-refractivity contribution in [3.63, 3.8) is 0 Å². The van der Waals surface area contributed by atoms with Crippen molar-refractivity contribution in [2.75, 3.05) is 5.32 Å². The lowest BCUT2D eigenvalue weighted by Gasteiger charge is -2.22. The van der Waals surface area contributed by atoms with E-state index in [9.17, 15) is 18.0 Å². The summed E-state index contributed by atoms with van der Waals surface area (Å²) in [6, 6.07) is 7.34. The van der Waals surface area contributed by atoms with E-state index in [1.165, 1.54) is 19.9 Å².